The zero-order valence-corrected chi connectivity index (χ0v) is 20.0. The van der Waals surface area contributed by atoms with Gasteiger partial charge in [0.1, 0.15) is 24.0 Å². The predicted molar refractivity (Wildman–Crippen MR) is 131 cm³/mol. The smallest absolute Gasteiger partial charge is 0.266 e. The summed E-state index contributed by atoms with van der Waals surface area (Å²) in [6, 6.07) is 22.2. The van der Waals surface area contributed by atoms with Gasteiger partial charge in [0.2, 0.25) is 0 Å². The minimum Gasteiger partial charge on any atom is -0.487 e. The maximum Gasteiger partial charge on any atom is 0.266 e. The highest BCUT2D eigenvalue weighted by molar-refractivity contribution is 14.1. The molecule has 0 unspecified atom stereocenters. The van der Waals surface area contributed by atoms with Crippen LogP contribution in [-0.2, 0) is 11.4 Å². The summed E-state index contributed by atoms with van der Waals surface area (Å²) in [7, 11) is 0. The molecule has 0 aliphatic heterocycles. The molecule has 3 aromatic rings. The molecule has 0 bridgehead atoms. The van der Waals surface area contributed by atoms with Gasteiger partial charge in [0.05, 0.1) is 5.02 Å². The van der Waals surface area contributed by atoms with Crippen LogP contribution in [0.25, 0.3) is 6.08 Å². The zero-order valence-electron chi connectivity index (χ0n) is 15.5. The van der Waals surface area contributed by atoms with Gasteiger partial charge in [-0.2, -0.15) is 5.26 Å². The number of hydrogen-bond acceptors (Lipinski definition) is 3. The minimum absolute atomic E-state index is 0.0263. The molecule has 7 heteroatoms. The third-order valence-electron chi connectivity index (χ3n) is 4.04. The van der Waals surface area contributed by atoms with Crippen LogP contribution < -0.4 is 10.1 Å². The first-order chi connectivity index (χ1) is 14.4. The number of hydrogen-bond donors (Lipinski definition) is 1. The van der Waals surface area contributed by atoms with E-state index in [-0.39, 0.29) is 5.57 Å². The molecule has 0 spiro atoms. The molecule has 0 saturated carbocycles. The largest absolute Gasteiger partial charge is 0.487 e. The normalized spacial score (nSPS) is 10.9. The number of amides is 1. The van der Waals surface area contributed by atoms with Crippen molar-refractivity contribution in [1.29, 1.82) is 5.26 Å². The molecule has 4 nitrogen and oxygen atoms in total. The van der Waals surface area contributed by atoms with Crippen molar-refractivity contribution in [2.75, 3.05) is 5.32 Å². The number of rotatable bonds is 6. The molecule has 150 valence electrons. The first-order valence-electron chi connectivity index (χ1n) is 8.80. The molecule has 3 rings (SSSR count). The molecule has 0 aliphatic rings. The van der Waals surface area contributed by atoms with Gasteiger partial charge in [-0.1, -0.05) is 45.7 Å². The van der Waals surface area contributed by atoms with Gasteiger partial charge in [0.15, 0.2) is 0 Å². The molecule has 0 heterocycles. The summed E-state index contributed by atoms with van der Waals surface area (Å²) in [5.74, 6) is 0.0418. The SMILES string of the molecule is N#C/C(=C\c1ccc(OCc2ccc(I)cc2)c(Cl)c1)C(=O)Nc1ccc(Br)cc1. The Morgan fingerprint density at radius 2 is 1.83 bits per heavy atom. The van der Waals surface area contributed by atoms with Crippen LogP contribution in [0.15, 0.2) is 76.8 Å². The molecule has 0 aromatic heterocycles. The summed E-state index contributed by atoms with van der Waals surface area (Å²) in [6.07, 6.45) is 1.49. The van der Waals surface area contributed by atoms with Crippen molar-refractivity contribution in [2.45, 2.75) is 6.61 Å². The maximum atomic E-state index is 12.4. The number of benzene rings is 3. The van der Waals surface area contributed by atoms with Gasteiger partial charge < -0.3 is 10.1 Å². The van der Waals surface area contributed by atoms with Crippen LogP contribution in [-0.4, -0.2) is 5.91 Å². The lowest BCUT2D eigenvalue weighted by Gasteiger charge is -2.09. The van der Waals surface area contributed by atoms with Crippen molar-refractivity contribution in [2.24, 2.45) is 0 Å². The average molecular weight is 594 g/mol. The van der Waals surface area contributed by atoms with Crippen LogP contribution in [0.3, 0.4) is 0 Å². The van der Waals surface area contributed by atoms with Crippen molar-refractivity contribution >= 4 is 67.8 Å². The Morgan fingerprint density at radius 3 is 2.47 bits per heavy atom. The number of nitrogens with zero attached hydrogens (tertiary/aromatic N) is 1. The standard InChI is InChI=1S/C23H15BrClIN2O2/c24-18-4-8-20(9-5-18)28-23(29)17(13-27)11-16-3-10-22(21(25)12-16)30-14-15-1-6-19(26)7-2-15/h1-12H,14H2,(H,28,29)/b17-11+. The molecular weight excluding hydrogens is 579 g/mol. The Kier molecular flexibility index (Phi) is 7.91. The average Bonchev–Trinajstić information content (AvgIpc) is 2.74. The molecule has 3 aromatic carbocycles. The third kappa shape index (κ3) is 6.33. The van der Waals surface area contributed by atoms with Crippen molar-refractivity contribution in [3.63, 3.8) is 0 Å². The summed E-state index contributed by atoms with van der Waals surface area (Å²) < 4.78 is 7.84. The third-order valence-corrected chi connectivity index (χ3v) is 5.58. The number of nitriles is 1. The molecule has 30 heavy (non-hydrogen) atoms. The highest BCUT2D eigenvalue weighted by atomic mass is 127. The predicted octanol–water partition coefficient (Wildman–Crippen LogP) is 6.83. The summed E-state index contributed by atoms with van der Waals surface area (Å²) >= 11 is 11.9. The van der Waals surface area contributed by atoms with Crippen LogP contribution in [0.5, 0.6) is 5.75 Å². The topological polar surface area (TPSA) is 62.1 Å². The fraction of sp³-hybridized carbons (Fsp3) is 0.0435. The quantitative estimate of drug-likeness (QED) is 0.194. The maximum absolute atomic E-state index is 12.4. The van der Waals surface area contributed by atoms with Crippen molar-refractivity contribution in [3.05, 3.63) is 96.5 Å². The molecule has 0 atom stereocenters. The number of nitrogens with one attached hydrogen (secondary N) is 1. The second-order valence-corrected chi connectivity index (χ2v) is 8.80. The van der Waals surface area contributed by atoms with Crippen molar-refractivity contribution in [1.82, 2.24) is 0 Å². The zero-order chi connectivity index (χ0) is 21.5. The lowest BCUT2D eigenvalue weighted by Crippen LogP contribution is -2.13. The highest BCUT2D eigenvalue weighted by Gasteiger charge is 2.11. The van der Waals surface area contributed by atoms with Gasteiger partial charge in [-0.05, 0) is 88.3 Å². The lowest BCUT2D eigenvalue weighted by molar-refractivity contribution is -0.112. The van der Waals surface area contributed by atoms with E-state index in [0.29, 0.717) is 28.6 Å². The summed E-state index contributed by atoms with van der Waals surface area (Å²) in [4.78, 5) is 12.4. The molecular formula is C23H15BrClIN2O2. The van der Waals surface area contributed by atoms with Crippen LogP contribution in [0.2, 0.25) is 5.02 Å². The molecule has 0 aliphatic carbocycles. The Balaban J connectivity index is 1.69. The molecule has 0 fully saturated rings. The first kappa shape index (κ1) is 22.3. The first-order valence-corrected chi connectivity index (χ1v) is 11.0. The summed E-state index contributed by atoms with van der Waals surface area (Å²) in [5, 5.41) is 12.5. The highest BCUT2D eigenvalue weighted by Crippen LogP contribution is 2.27. The van der Waals surface area contributed by atoms with Gasteiger partial charge >= 0.3 is 0 Å². The Hall–Kier alpha value is -2.34. The number of ether oxygens (including phenoxy) is 1. The number of halogens is 3. The van der Waals surface area contributed by atoms with Gasteiger partial charge in [-0.25, -0.2) is 0 Å². The van der Waals surface area contributed by atoms with E-state index in [1.165, 1.54) is 6.08 Å². The van der Waals surface area contributed by atoms with Gasteiger partial charge in [-0.3, -0.25) is 4.79 Å². The van der Waals surface area contributed by atoms with E-state index in [4.69, 9.17) is 16.3 Å². The van der Waals surface area contributed by atoms with Crippen LogP contribution >= 0.6 is 50.1 Å². The monoisotopic (exact) mass is 592 g/mol. The van der Waals surface area contributed by atoms with Crippen molar-refractivity contribution in [3.8, 4) is 11.8 Å². The summed E-state index contributed by atoms with van der Waals surface area (Å²) in [6.45, 7) is 0.394. The fourth-order valence-corrected chi connectivity index (χ4v) is 3.38. The van der Waals surface area contributed by atoms with Gasteiger partial charge in [0, 0.05) is 13.7 Å². The Labute approximate surface area is 201 Å². The van der Waals surface area contributed by atoms with Crippen molar-refractivity contribution < 1.29 is 9.53 Å². The van der Waals surface area contributed by atoms with E-state index in [1.54, 1.807) is 42.5 Å². The molecule has 0 saturated heterocycles. The fourth-order valence-electron chi connectivity index (χ4n) is 2.51. The van der Waals surface area contributed by atoms with E-state index in [1.807, 2.05) is 30.3 Å². The number of carbonyl (C=O) groups excluding carboxylic acids is 1. The van der Waals surface area contributed by atoms with Crippen LogP contribution in [0, 0.1) is 14.9 Å². The second-order valence-electron chi connectivity index (χ2n) is 6.24. The van der Waals surface area contributed by atoms with Gasteiger partial charge in [0.25, 0.3) is 5.91 Å². The molecule has 0 radical (unpaired) electrons. The van der Waals surface area contributed by atoms with Gasteiger partial charge in [-0.15, -0.1) is 0 Å². The second kappa shape index (κ2) is 10.6. The van der Waals surface area contributed by atoms with E-state index in [0.717, 1.165) is 13.6 Å². The number of anilines is 1. The van der Waals surface area contributed by atoms with E-state index >= 15 is 0 Å². The van der Waals surface area contributed by atoms with E-state index in [2.05, 4.69) is 43.8 Å². The number of carbonyl (C=O) groups is 1. The van der Waals surface area contributed by atoms with Crippen LogP contribution in [0.4, 0.5) is 5.69 Å². The lowest BCUT2D eigenvalue weighted by atomic mass is 10.1. The molecule has 1 N–H and O–H groups in total. The van der Waals surface area contributed by atoms with Crippen LogP contribution in [0.1, 0.15) is 11.1 Å². The molecule has 1 amide bonds. The Morgan fingerprint density at radius 1 is 1.13 bits per heavy atom. The minimum atomic E-state index is -0.491. The Bertz CT molecular complexity index is 1120. The summed E-state index contributed by atoms with van der Waals surface area (Å²) in [5.41, 5.74) is 2.24. The van der Waals surface area contributed by atoms with E-state index < -0.39 is 5.91 Å². The van der Waals surface area contributed by atoms with E-state index in [9.17, 15) is 10.1 Å².